The van der Waals surface area contributed by atoms with Crippen molar-refractivity contribution in [2.75, 3.05) is 0 Å². The monoisotopic (exact) mass is 235 g/mol. The first-order valence-electron chi connectivity index (χ1n) is 4.91. The Morgan fingerprint density at radius 3 is 2.81 bits per heavy atom. The van der Waals surface area contributed by atoms with Crippen molar-refractivity contribution >= 4 is 11.3 Å². The van der Waals surface area contributed by atoms with E-state index < -0.39 is 5.54 Å². The summed E-state index contributed by atoms with van der Waals surface area (Å²) in [7, 11) is 0. The number of aromatic amines is 1. The molecule has 2 aromatic rings. The highest BCUT2D eigenvalue weighted by molar-refractivity contribution is 7.13. The maximum atomic E-state index is 11.6. The largest absolute Gasteiger partial charge is 0.322 e. The summed E-state index contributed by atoms with van der Waals surface area (Å²) in [4.78, 5) is 12.6. The van der Waals surface area contributed by atoms with E-state index in [-0.39, 0.29) is 5.56 Å². The van der Waals surface area contributed by atoms with Gasteiger partial charge in [0, 0.05) is 11.1 Å². The third-order valence-corrected chi connectivity index (χ3v) is 3.16. The van der Waals surface area contributed by atoms with E-state index in [0.29, 0.717) is 5.56 Å². The third kappa shape index (κ3) is 2.05. The van der Waals surface area contributed by atoms with Gasteiger partial charge < -0.3 is 5.73 Å². The maximum Gasteiger partial charge on any atom is 0.269 e. The number of hydrogen-bond donors (Lipinski definition) is 2. The lowest BCUT2D eigenvalue weighted by atomic mass is 9.97. The summed E-state index contributed by atoms with van der Waals surface area (Å²) >= 11 is 1.58. The van der Waals surface area contributed by atoms with Crippen LogP contribution in [-0.2, 0) is 5.54 Å². The molecule has 0 aliphatic heterocycles. The lowest BCUT2D eigenvalue weighted by Crippen LogP contribution is -2.35. The Bertz CT molecular complexity index is 537. The summed E-state index contributed by atoms with van der Waals surface area (Å²) in [5, 5.41) is 8.46. The van der Waals surface area contributed by atoms with E-state index in [2.05, 4.69) is 10.2 Å². The summed E-state index contributed by atoms with van der Waals surface area (Å²) in [6.07, 6.45) is 0. The fraction of sp³-hybridized carbons (Fsp3) is 0.273. The highest BCUT2D eigenvalue weighted by atomic mass is 32.1. The molecule has 2 aromatic heterocycles. The van der Waals surface area contributed by atoms with Crippen LogP contribution in [0.3, 0.4) is 0 Å². The zero-order valence-electron chi connectivity index (χ0n) is 9.15. The molecule has 0 aromatic carbocycles. The second-order valence-corrected chi connectivity index (χ2v) is 5.14. The normalized spacial score (nSPS) is 11.7. The zero-order valence-corrected chi connectivity index (χ0v) is 9.97. The first-order valence-corrected chi connectivity index (χ1v) is 5.79. The van der Waals surface area contributed by atoms with Crippen LogP contribution in [0.4, 0.5) is 0 Å². The fourth-order valence-corrected chi connectivity index (χ4v) is 2.12. The lowest BCUT2D eigenvalue weighted by Gasteiger charge is -2.17. The van der Waals surface area contributed by atoms with E-state index in [0.717, 1.165) is 10.6 Å². The van der Waals surface area contributed by atoms with Gasteiger partial charge in [-0.05, 0) is 31.4 Å². The first kappa shape index (κ1) is 11.0. The Balaban J connectivity index is 2.57. The Hall–Kier alpha value is -1.46. The molecule has 16 heavy (non-hydrogen) atoms. The number of nitrogens with one attached hydrogen (secondary N) is 1. The van der Waals surface area contributed by atoms with Gasteiger partial charge in [-0.15, -0.1) is 11.3 Å². The van der Waals surface area contributed by atoms with Crippen molar-refractivity contribution in [2.45, 2.75) is 19.4 Å². The van der Waals surface area contributed by atoms with Gasteiger partial charge in [0.1, 0.15) is 5.69 Å². The fourth-order valence-electron chi connectivity index (χ4n) is 1.43. The summed E-state index contributed by atoms with van der Waals surface area (Å²) in [5.74, 6) is 0. The lowest BCUT2D eigenvalue weighted by molar-refractivity contribution is 0.544. The van der Waals surface area contributed by atoms with Crippen molar-refractivity contribution < 1.29 is 0 Å². The average Bonchev–Trinajstić information content (AvgIpc) is 2.69. The molecule has 0 amide bonds. The van der Waals surface area contributed by atoms with E-state index in [1.807, 2.05) is 17.5 Å². The van der Waals surface area contributed by atoms with Gasteiger partial charge in [-0.3, -0.25) is 4.79 Å². The SMILES string of the molecule is CC(C)(N)c1cc(-c2cccs2)n[nH]c1=O. The van der Waals surface area contributed by atoms with Gasteiger partial charge in [-0.25, -0.2) is 5.10 Å². The van der Waals surface area contributed by atoms with E-state index >= 15 is 0 Å². The molecule has 5 heteroatoms. The molecule has 0 unspecified atom stereocenters. The molecule has 0 bridgehead atoms. The molecule has 0 fully saturated rings. The van der Waals surface area contributed by atoms with Gasteiger partial charge >= 0.3 is 0 Å². The molecule has 0 saturated carbocycles. The standard InChI is InChI=1S/C11H13N3OS/c1-11(2,12)7-6-8(13-14-10(7)15)9-4-3-5-16-9/h3-6H,12H2,1-2H3,(H,14,15). The smallest absolute Gasteiger partial charge is 0.269 e. The molecule has 84 valence electrons. The van der Waals surface area contributed by atoms with Crippen LogP contribution in [0, 0.1) is 0 Å². The minimum atomic E-state index is -0.664. The van der Waals surface area contributed by atoms with E-state index in [9.17, 15) is 4.79 Å². The molecule has 2 rings (SSSR count). The van der Waals surface area contributed by atoms with Crippen LogP contribution < -0.4 is 11.3 Å². The predicted molar refractivity (Wildman–Crippen MR) is 65.4 cm³/mol. The Morgan fingerprint density at radius 2 is 2.25 bits per heavy atom. The molecular formula is C11H13N3OS. The number of nitrogens with two attached hydrogens (primary N) is 1. The summed E-state index contributed by atoms with van der Waals surface area (Å²) in [6, 6.07) is 5.66. The second kappa shape index (κ2) is 3.84. The van der Waals surface area contributed by atoms with E-state index in [1.165, 1.54) is 0 Å². The number of hydrogen-bond acceptors (Lipinski definition) is 4. The second-order valence-electron chi connectivity index (χ2n) is 4.19. The van der Waals surface area contributed by atoms with Crippen molar-refractivity contribution in [2.24, 2.45) is 5.73 Å². The van der Waals surface area contributed by atoms with Crippen LogP contribution >= 0.6 is 11.3 Å². The van der Waals surface area contributed by atoms with Crippen LogP contribution in [0.25, 0.3) is 10.6 Å². The summed E-state index contributed by atoms with van der Waals surface area (Å²) < 4.78 is 0. The van der Waals surface area contributed by atoms with Gasteiger partial charge in [0.05, 0.1) is 4.88 Å². The minimum Gasteiger partial charge on any atom is -0.322 e. The van der Waals surface area contributed by atoms with Crippen LogP contribution in [-0.4, -0.2) is 10.2 Å². The number of nitrogens with zero attached hydrogens (tertiary/aromatic N) is 1. The first-order chi connectivity index (χ1) is 7.48. The van der Waals surface area contributed by atoms with Crippen molar-refractivity contribution in [1.29, 1.82) is 0 Å². The van der Waals surface area contributed by atoms with Gasteiger partial charge in [0.15, 0.2) is 0 Å². The Morgan fingerprint density at radius 1 is 1.50 bits per heavy atom. The highest BCUT2D eigenvalue weighted by Gasteiger charge is 2.19. The van der Waals surface area contributed by atoms with Gasteiger partial charge in [0.25, 0.3) is 5.56 Å². The molecular weight excluding hydrogens is 222 g/mol. The molecule has 0 radical (unpaired) electrons. The maximum absolute atomic E-state index is 11.6. The number of aromatic nitrogens is 2. The number of thiophene rings is 1. The van der Waals surface area contributed by atoms with Crippen molar-refractivity contribution in [3.63, 3.8) is 0 Å². The topological polar surface area (TPSA) is 71.8 Å². The average molecular weight is 235 g/mol. The van der Waals surface area contributed by atoms with Crippen molar-refractivity contribution in [3.05, 3.63) is 39.5 Å². The zero-order chi connectivity index (χ0) is 11.8. The molecule has 2 heterocycles. The molecule has 0 saturated heterocycles. The number of H-pyrrole nitrogens is 1. The Kier molecular flexibility index (Phi) is 2.65. The molecule has 4 nitrogen and oxygen atoms in total. The molecule has 0 aliphatic carbocycles. The van der Waals surface area contributed by atoms with Crippen LogP contribution in [0.2, 0.25) is 0 Å². The van der Waals surface area contributed by atoms with Gasteiger partial charge in [0.2, 0.25) is 0 Å². The summed E-state index contributed by atoms with van der Waals surface area (Å²) in [5.41, 5.74) is 6.34. The molecule has 0 spiro atoms. The Labute approximate surface area is 97.1 Å². The molecule has 3 N–H and O–H groups in total. The molecule has 0 aliphatic rings. The van der Waals surface area contributed by atoms with E-state index in [1.54, 1.807) is 31.3 Å². The van der Waals surface area contributed by atoms with Crippen LogP contribution in [0.15, 0.2) is 28.4 Å². The van der Waals surface area contributed by atoms with E-state index in [4.69, 9.17) is 5.73 Å². The van der Waals surface area contributed by atoms with Gasteiger partial charge in [-0.2, -0.15) is 5.10 Å². The summed E-state index contributed by atoms with van der Waals surface area (Å²) in [6.45, 7) is 3.60. The highest BCUT2D eigenvalue weighted by Crippen LogP contribution is 2.23. The predicted octanol–water partition coefficient (Wildman–Crippen LogP) is 1.69. The van der Waals surface area contributed by atoms with Crippen LogP contribution in [0.1, 0.15) is 19.4 Å². The number of rotatable bonds is 2. The minimum absolute atomic E-state index is 0.229. The van der Waals surface area contributed by atoms with Crippen molar-refractivity contribution in [1.82, 2.24) is 10.2 Å². The van der Waals surface area contributed by atoms with Gasteiger partial charge in [-0.1, -0.05) is 6.07 Å². The van der Waals surface area contributed by atoms with Crippen LogP contribution in [0.5, 0.6) is 0 Å². The molecule has 0 atom stereocenters. The van der Waals surface area contributed by atoms with Crippen molar-refractivity contribution in [3.8, 4) is 10.6 Å². The quantitative estimate of drug-likeness (QED) is 0.832. The third-order valence-electron chi connectivity index (χ3n) is 2.27.